The quantitative estimate of drug-likeness (QED) is 0.441. The molecule has 2 unspecified atom stereocenters. The molecule has 2 aromatic rings. The van der Waals surface area contributed by atoms with E-state index < -0.39 is 0 Å². The number of fused-ring (bicyclic) bond motifs is 4. The third-order valence-corrected chi connectivity index (χ3v) is 7.69. The summed E-state index contributed by atoms with van der Waals surface area (Å²) in [5.74, 6) is 0.857. The van der Waals surface area contributed by atoms with Crippen molar-refractivity contribution in [3.05, 3.63) is 64.7 Å². The summed E-state index contributed by atoms with van der Waals surface area (Å²) in [4.78, 5) is 42.6. The number of imide groups is 1. The van der Waals surface area contributed by atoms with Gasteiger partial charge in [-0.05, 0) is 74.5 Å². The number of rotatable bonds is 7. The third kappa shape index (κ3) is 4.45. The molecule has 3 aliphatic rings. The summed E-state index contributed by atoms with van der Waals surface area (Å²) in [5.41, 5.74) is 3.57. The molecule has 2 atom stereocenters. The molecule has 3 amide bonds. The van der Waals surface area contributed by atoms with Gasteiger partial charge in [-0.2, -0.15) is 0 Å². The van der Waals surface area contributed by atoms with E-state index in [1.54, 1.807) is 38.4 Å². The summed E-state index contributed by atoms with van der Waals surface area (Å²) in [5, 5.41) is 0. The molecule has 2 aromatic carbocycles. The molecule has 5 rings (SSSR count). The van der Waals surface area contributed by atoms with E-state index in [2.05, 4.69) is 11.0 Å². The minimum absolute atomic E-state index is 0.163. The van der Waals surface area contributed by atoms with Gasteiger partial charge in [0.25, 0.3) is 11.8 Å². The molecule has 184 valence electrons. The van der Waals surface area contributed by atoms with E-state index in [9.17, 15) is 14.4 Å². The first kappa shape index (κ1) is 23.5. The second-order valence-corrected chi connectivity index (χ2v) is 9.99. The van der Waals surface area contributed by atoms with E-state index in [1.165, 1.54) is 20.9 Å². The lowest BCUT2D eigenvalue weighted by Crippen LogP contribution is -2.36. The normalized spacial score (nSPS) is 21.0. The highest BCUT2D eigenvalue weighted by Gasteiger charge is 2.39. The van der Waals surface area contributed by atoms with Crippen molar-refractivity contribution in [1.82, 2.24) is 14.7 Å². The van der Waals surface area contributed by atoms with Crippen molar-refractivity contribution >= 4 is 17.9 Å². The van der Waals surface area contributed by atoms with E-state index in [0.29, 0.717) is 35.4 Å². The molecule has 7 heteroatoms. The van der Waals surface area contributed by atoms with Crippen LogP contribution in [0.5, 0.6) is 5.75 Å². The molecule has 0 aromatic heterocycles. The zero-order chi connectivity index (χ0) is 24.5. The summed E-state index contributed by atoms with van der Waals surface area (Å²) < 4.78 is 5.64. The van der Waals surface area contributed by atoms with E-state index in [0.717, 1.165) is 51.6 Å². The lowest BCUT2D eigenvalue weighted by molar-refractivity contribution is 0.0651. The van der Waals surface area contributed by atoms with Crippen LogP contribution in [0, 0.1) is 0 Å². The molecule has 0 N–H and O–H groups in total. The van der Waals surface area contributed by atoms with Crippen LogP contribution in [0.4, 0.5) is 4.79 Å². The second kappa shape index (κ2) is 9.82. The lowest BCUT2D eigenvalue weighted by atomic mass is 9.79. The largest absolute Gasteiger partial charge is 0.414 e. The highest BCUT2D eigenvalue weighted by molar-refractivity contribution is 6.21. The molecule has 0 saturated carbocycles. The number of benzene rings is 2. The first-order valence-electron chi connectivity index (χ1n) is 12.7. The molecule has 35 heavy (non-hydrogen) atoms. The standard InChI is InChI=1S/C28H33N3O4/c1-29(2)28(34)35-25-12-8-11-19-20-15-18-30(24(20)14-13-21(19)25)16-6-3-7-17-31-26(32)22-9-4-5-10-23(22)27(31)33/h4-5,8-12,20,24H,3,6-7,13-18H2,1-2H3. The fraction of sp³-hybridized carbons (Fsp3) is 0.464. The maximum absolute atomic E-state index is 12.5. The van der Waals surface area contributed by atoms with Crippen LogP contribution in [0.1, 0.15) is 69.9 Å². The molecule has 7 nitrogen and oxygen atoms in total. The Morgan fingerprint density at radius 3 is 2.37 bits per heavy atom. The SMILES string of the molecule is CN(C)C(=O)Oc1cccc2c1CCC1C2CCN1CCCCCN1C(=O)c2ccccc2C1=O. The molecule has 2 aliphatic heterocycles. The minimum Gasteiger partial charge on any atom is -0.410 e. The van der Waals surface area contributed by atoms with Crippen molar-refractivity contribution in [2.24, 2.45) is 0 Å². The third-order valence-electron chi connectivity index (χ3n) is 7.69. The van der Waals surface area contributed by atoms with Gasteiger partial charge in [0.15, 0.2) is 0 Å². The Bertz CT molecular complexity index is 1110. The molecular weight excluding hydrogens is 442 g/mol. The van der Waals surface area contributed by atoms with Gasteiger partial charge in [0.05, 0.1) is 11.1 Å². The van der Waals surface area contributed by atoms with Crippen molar-refractivity contribution in [3.8, 4) is 5.75 Å². The fourth-order valence-electron chi connectivity index (χ4n) is 5.92. The van der Waals surface area contributed by atoms with Crippen LogP contribution in [-0.4, -0.2) is 72.4 Å². The van der Waals surface area contributed by atoms with Crippen LogP contribution >= 0.6 is 0 Å². The van der Waals surface area contributed by atoms with E-state index in [-0.39, 0.29) is 17.9 Å². The van der Waals surface area contributed by atoms with E-state index in [4.69, 9.17) is 4.74 Å². The molecule has 2 heterocycles. The number of carbonyl (C=O) groups is 3. The Labute approximate surface area is 206 Å². The number of likely N-dealkylation sites (tertiary alicyclic amines) is 1. The minimum atomic E-state index is -0.338. The summed E-state index contributed by atoms with van der Waals surface area (Å²) in [7, 11) is 3.39. The summed E-state index contributed by atoms with van der Waals surface area (Å²) in [6, 6.07) is 13.7. The first-order chi connectivity index (χ1) is 17.0. The van der Waals surface area contributed by atoms with Gasteiger partial charge in [0.1, 0.15) is 5.75 Å². The van der Waals surface area contributed by atoms with Crippen LogP contribution in [0.3, 0.4) is 0 Å². The zero-order valence-electron chi connectivity index (χ0n) is 20.5. The Morgan fingerprint density at radius 2 is 1.66 bits per heavy atom. The zero-order valence-corrected chi connectivity index (χ0v) is 20.5. The van der Waals surface area contributed by atoms with Gasteiger partial charge >= 0.3 is 6.09 Å². The number of hydrogen-bond donors (Lipinski definition) is 0. The Morgan fingerprint density at radius 1 is 0.943 bits per heavy atom. The van der Waals surface area contributed by atoms with Crippen LogP contribution in [0.25, 0.3) is 0 Å². The molecule has 0 bridgehead atoms. The monoisotopic (exact) mass is 475 g/mol. The van der Waals surface area contributed by atoms with Crippen molar-refractivity contribution in [1.29, 1.82) is 0 Å². The maximum atomic E-state index is 12.5. The van der Waals surface area contributed by atoms with Gasteiger partial charge in [-0.25, -0.2) is 4.79 Å². The molecule has 1 saturated heterocycles. The van der Waals surface area contributed by atoms with Gasteiger partial charge in [0.2, 0.25) is 0 Å². The first-order valence-corrected chi connectivity index (χ1v) is 12.7. The van der Waals surface area contributed by atoms with Gasteiger partial charge in [0, 0.05) is 32.6 Å². The summed E-state index contributed by atoms with van der Waals surface area (Å²) >= 11 is 0. The maximum Gasteiger partial charge on any atom is 0.414 e. The van der Waals surface area contributed by atoms with Crippen molar-refractivity contribution < 1.29 is 19.1 Å². The molecule has 0 spiro atoms. The average molecular weight is 476 g/mol. The predicted molar refractivity (Wildman–Crippen MR) is 133 cm³/mol. The van der Waals surface area contributed by atoms with Crippen LogP contribution in [0.2, 0.25) is 0 Å². The lowest BCUT2D eigenvalue weighted by Gasteiger charge is -2.34. The highest BCUT2D eigenvalue weighted by Crippen LogP contribution is 2.44. The fourth-order valence-corrected chi connectivity index (χ4v) is 5.92. The van der Waals surface area contributed by atoms with Crippen LogP contribution in [-0.2, 0) is 6.42 Å². The van der Waals surface area contributed by atoms with Crippen molar-refractivity contribution in [3.63, 3.8) is 0 Å². The Kier molecular flexibility index (Phi) is 6.60. The van der Waals surface area contributed by atoms with Gasteiger partial charge in [-0.3, -0.25) is 19.4 Å². The van der Waals surface area contributed by atoms with E-state index >= 15 is 0 Å². The second-order valence-electron chi connectivity index (χ2n) is 9.99. The summed E-state index contributed by atoms with van der Waals surface area (Å²) in [6.07, 6.45) is 5.65. The highest BCUT2D eigenvalue weighted by atomic mass is 16.6. The van der Waals surface area contributed by atoms with Crippen LogP contribution in [0.15, 0.2) is 42.5 Å². The van der Waals surface area contributed by atoms with Crippen LogP contribution < -0.4 is 4.74 Å². The van der Waals surface area contributed by atoms with Crippen molar-refractivity contribution in [2.75, 3.05) is 33.7 Å². The molecule has 1 fully saturated rings. The van der Waals surface area contributed by atoms with Gasteiger partial charge < -0.3 is 9.64 Å². The average Bonchev–Trinajstić information content (AvgIpc) is 3.38. The smallest absolute Gasteiger partial charge is 0.410 e. The number of unbranched alkanes of at least 4 members (excludes halogenated alkanes) is 2. The number of nitrogens with zero attached hydrogens (tertiary/aromatic N) is 3. The molecule has 1 aliphatic carbocycles. The number of carbonyl (C=O) groups excluding carboxylic acids is 3. The van der Waals surface area contributed by atoms with E-state index in [1.807, 2.05) is 12.1 Å². The summed E-state index contributed by atoms with van der Waals surface area (Å²) in [6.45, 7) is 2.60. The van der Waals surface area contributed by atoms with Gasteiger partial charge in [-0.1, -0.05) is 30.7 Å². The predicted octanol–water partition coefficient (Wildman–Crippen LogP) is 4.32. The molecule has 0 radical (unpaired) electrons. The number of amides is 3. The topological polar surface area (TPSA) is 70.2 Å². The molecular formula is C28H33N3O4. The number of ether oxygens (including phenoxy) is 1. The Balaban J connectivity index is 1.12. The van der Waals surface area contributed by atoms with Crippen molar-refractivity contribution in [2.45, 2.75) is 50.5 Å². The van der Waals surface area contributed by atoms with Gasteiger partial charge in [-0.15, -0.1) is 0 Å². The Hall–Kier alpha value is -3.19. The number of hydrogen-bond acceptors (Lipinski definition) is 5.